The fraction of sp³-hybridized carbons (Fsp3) is 0.350. The van der Waals surface area contributed by atoms with Crippen LogP contribution in [0.3, 0.4) is 0 Å². The van der Waals surface area contributed by atoms with Crippen molar-refractivity contribution in [2.45, 2.75) is 31.4 Å². The van der Waals surface area contributed by atoms with Crippen molar-refractivity contribution < 1.29 is 14.6 Å². The molecule has 2 aliphatic heterocycles. The van der Waals surface area contributed by atoms with Crippen LogP contribution >= 0.6 is 0 Å². The van der Waals surface area contributed by atoms with Crippen molar-refractivity contribution >= 4 is 11.7 Å². The van der Waals surface area contributed by atoms with Gasteiger partial charge in [-0.3, -0.25) is 4.79 Å². The minimum absolute atomic E-state index is 0.0658. The fourth-order valence-corrected chi connectivity index (χ4v) is 3.97. The van der Waals surface area contributed by atoms with E-state index in [4.69, 9.17) is 9.84 Å². The second kappa shape index (κ2) is 6.29. The number of fused-ring (bicyclic) bond motifs is 3. The number of ether oxygens (including phenoxy) is 1. The molecule has 4 heteroatoms. The Labute approximate surface area is 141 Å². The first kappa shape index (κ1) is 15.2. The Kier molecular flexibility index (Phi) is 3.98. The van der Waals surface area contributed by atoms with Crippen molar-refractivity contribution in [3.8, 4) is 0 Å². The first-order valence-corrected chi connectivity index (χ1v) is 8.50. The first-order chi connectivity index (χ1) is 11.7. The summed E-state index contributed by atoms with van der Waals surface area (Å²) in [5.74, 6) is -0.396. The van der Waals surface area contributed by atoms with E-state index in [9.17, 15) is 4.79 Å². The zero-order valence-electron chi connectivity index (χ0n) is 13.4. The summed E-state index contributed by atoms with van der Waals surface area (Å²) in [6, 6.07) is 16.5. The van der Waals surface area contributed by atoms with Gasteiger partial charge in [0.25, 0.3) is 0 Å². The summed E-state index contributed by atoms with van der Waals surface area (Å²) in [6.45, 7) is 0.819. The maximum absolute atomic E-state index is 10.9. The van der Waals surface area contributed by atoms with Crippen LogP contribution in [0.15, 0.2) is 48.5 Å². The summed E-state index contributed by atoms with van der Waals surface area (Å²) in [7, 11) is 0. The van der Waals surface area contributed by atoms with Gasteiger partial charge in [-0.05, 0) is 30.0 Å². The van der Waals surface area contributed by atoms with Gasteiger partial charge in [-0.2, -0.15) is 0 Å². The van der Waals surface area contributed by atoms with Crippen LogP contribution in [0.25, 0.3) is 0 Å². The van der Waals surface area contributed by atoms with Crippen molar-refractivity contribution in [3.05, 3.63) is 65.2 Å². The number of anilines is 1. The van der Waals surface area contributed by atoms with Crippen LogP contribution in [-0.2, 0) is 16.0 Å². The third kappa shape index (κ3) is 2.78. The molecule has 3 atom stereocenters. The van der Waals surface area contributed by atoms with Gasteiger partial charge < -0.3 is 15.2 Å². The average molecular weight is 323 g/mol. The predicted molar refractivity (Wildman–Crippen MR) is 92.0 cm³/mol. The number of hydrogen-bond acceptors (Lipinski definition) is 3. The minimum Gasteiger partial charge on any atom is -0.481 e. The molecule has 1 fully saturated rings. The summed E-state index contributed by atoms with van der Waals surface area (Å²) >= 11 is 0. The van der Waals surface area contributed by atoms with Gasteiger partial charge in [-0.15, -0.1) is 0 Å². The highest BCUT2D eigenvalue weighted by atomic mass is 16.5. The van der Waals surface area contributed by atoms with Gasteiger partial charge >= 0.3 is 5.97 Å². The summed E-state index contributed by atoms with van der Waals surface area (Å²) in [4.78, 5) is 10.9. The van der Waals surface area contributed by atoms with Gasteiger partial charge in [-0.1, -0.05) is 42.5 Å². The lowest BCUT2D eigenvalue weighted by atomic mass is 9.77. The van der Waals surface area contributed by atoms with Crippen LogP contribution in [-0.4, -0.2) is 17.7 Å². The number of nitrogens with one attached hydrogen (secondary N) is 1. The minimum atomic E-state index is -0.798. The Morgan fingerprint density at radius 1 is 1.17 bits per heavy atom. The van der Waals surface area contributed by atoms with Gasteiger partial charge in [0.1, 0.15) is 0 Å². The standard InChI is InChI=1S/C20H21NO3/c22-18(23)12-13-7-9-14(10-8-13)19-16-5-3-11-24-20(16)15-4-1-2-6-17(15)21-19/h1-2,4,6-10,16,19-21H,3,5,11-12H2,(H,22,23)/t16-,19-,20+/m0/s1. The highest BCUT2D eigenvalue weighted by molar-refractivity contribution is 5.70. The molecule has 0 saturated carbocycles. The van der Waals surface area contributed by atoms with Gasteiger partial charge in [0.2, 0.25) is 0 Å². The number of aliphatic carboxylic acids is 1. The van der Waals surface area contributed by atoms with E-state index in [1.54, 1.807) is 0 Å². The van der Waals surface area contributed by atoms with E-state index in [1.165, 1.54) is 11.1 Å². The third-order valence-electron chi connectivity index (χ3n) is 5.07. The molecule has 4 nitrogen and oxygen atoms in total. The summed E-state index contributed by atoms with van der Waals surface area (Å²) in [5.41, 5.74) is 4.42. The average Bonchev–Trinajstić information content (AvgIpc) is 2.61. The summed E-state index contributed by atoms with van der Waals surface area (Å²) < 4.78 is 6.12. The second-order valence-corrected chi connectivity index (χ2v) is 6.62. The number of rotatable bonds is 3. The molecule has 4 rings (SSSR count). The lowest BCUT2D eigenvalue weighted by Gasteiger charge is -2.43. The largest absolute Gasteiger partial charge is 0.481 e. The van der Waals surface area contributed by atoms with E-state index in [1.807, 2.05) is 18.2 Å². The van der Waals surface area contributed by atoms with E-state index < -0.39 is 5.97 Å². The molecular weight excluding hydrogens is 302 g/mol. The number of benzene rings is 2. The van der Waals surface area contributed by atoms with Crippen molar-refractivity contribution in [2.24, 2.45) is 5.92 Å². The van der Waals surface area contributed by atoms with Gasteiger partial charge in [0, 0.05) is 23.8 Å². The normalized spacial score (nSPS) is 25.2. The lowest BCUT2D eigenvalue weighted by Crippen LogP contribution is -2.35. The number of hydrogen-bond donors (Lipinski definition) is 2. The lowest BCUT2D eigenvalue weighted by molar-refractivity contribution is -0.136. The number of carbonyl (C=O) groups is 1. The van der Waals surface area contributed by atoms with Gasteiger partial charge in [0.15, 0.2) is 0 Å². The topological polar surface area (TPSA) is 58.6 Å². The molecule has 0 aromatic heterocycles. The highest BCUT2D eigenvalue weighted by Crippen LogP contribution is 2.48. The van der Waals surface area contributed by atoms with Crippen LogP contribution in [0.5, 0.6) is 0 Å². The Morgan fingerprint density at radius 3 is 2.75 bits per heavy atom. The van der Waals surface area contributed by atoms with E-state index in [0.29, 0.717) is 5.92 Å². The summed E-state index contributed by atoms with van der Waals surface area (Å²) in [5, 5.41) is 12.6. The van der Waals surface area contributed by atoms with Gasteiger partial charge in [0.05, 0.1) is 18.6 Å². The number of carboxylic acid groups (broad SMARTS) is 1. The molecular formula is C20H21NO3. The first-order valence-electron chi connectivity index (χ1n) is 8.50. The Bertz CT molecular complexity index is 741. The zero-order valence-corrected chi connectivity index (χ0v) is 13.4. The maximum atomic E-state index is 10.9. The second-order valence-electron chi connectivity index (χ2n) is 6.62. The van der Waals surface area contributed by atoms with Crippen molar-refractivity contribution in [3.63, 3.8) is 0 Å². The molecule has 2 aliphatic rings. The third-order valence-corrected chi connectivity index (χ3v) is 5.07. The van der Waals surface area contributed by atoms with Crippen molar-refractivity contribution in [1.29, 1.82) is 0 Å². The van der Waals surface area contributed by atoms with Gasteiger partial charge in [-0.25, -0.2) is 0 Å². The molecule has 0 radical (unpaired) electrons. The van der Waals surface area contributed by atoms with E-state index in [-0.39, 0.29) is 18.6 Å². The fourth-order valence-electron chi connectivity index (χ4n) is 3.97. The summed E-state index contributed by atoms with van der Waals surface area (Å²) in [6.07, 6.45) is 2.42. The Morgan fingerprint density at radius 2 is 1.96 bits per heavy atom. The quantitative estimate of drug-likeness (QED) is 0.898. The van der Waals surface area contributed by atoms with Crippen LogP contribution in [0, 0.1) is 5.92 Å². The molecule has 24 heavy (non-hydrogen) atoms. The van der Waals surface area contributed by atoms with Crippen LogP contribution in [0.4, 0.5) is 5.69 Å². The molecule has 0 unspecified atom stereocenters. The van der Waals surface area contributed by atoms with E-state index >= 15 is 0 Å². The van der Waals surface area contributed by atoms with Crippen molar-refractivity contribution in [1.82, 2.24) is 0 Å². The number of carboxylic acids is 1. The molecule has 1 saturated heterocycles. The SMILES string of the molecule is O=C(O)Cc1ccc([C@@H]2Nc3ccccc3[C@H]3OCCC[C@H]32)cc1. The molecule has 0 spiro atoms. The van der Waals surface area contributed by atoms with E-state index in [2.05, 4.69) is 35.6 Å². The van der Waals surface area contributed by atoms with Crippen LogP contribution in [0.1, 0.15) is 41.7 Å². The molecule has 0 amide bonds. The molecule has 2 N–H and O–H groups in total. The zero-order chi connectivity index (χ0) is 16.5. The van der Waals surface area contributed by atoms with Crippen LogP contribution in [0.2, 0.25) is 0 Å². The van der Waals surface area contributed by atoms with E-state index in [0.717, 1.165) is 30.7 Å². The van der Waals surface area contributed by atoms with Crippen molar-refractivity contribution in [2.75, 3.05) is 11.9 Å². The Hall–Kier alpha value is -2.33. The molecule has 124 valence electrons. The molecule has 0 bridgehead atoms. The highest BCUT2D eigenvalue weighted by Gasteiger charge is 2.39. The predicted octanol–water partition coefficient (Wildman–Crippen LogP) is 3.95. The smallest absolute Gasteiger partial charge is 0.307 e. The molecule has 2 aromatic carbocycles. The molecule has 0 aliphatic carbocycles. The number of para-hydroxylation sites is 1. The maximum Gasteiger partial charge on any atom is 0.307 e. The van der Waals surface area contributed by atoms with Crippen LogP contribution < -0.4 is 5.32 Å². The Balaban J connectivity index is 1.66. The monoisotopic (exact) mass is 323 g/mol. The molecule has 2 heterocycles. The molecule has 2 aromatic rings.